The number of aromatic hydroxyl groups is 1. The van der Waals surface area contributed by atoms with Crippen molar-refractivity contribution >= 4 is 29.1 Å². The zero-order chi connectivity index (χ0) is 40.3. The van der Waals surface area contributed by atoms with Crippen LogP contribution in [-0.2, 0) is 19.8 Å². The molecule has 0 radical (unpaired) electrons. The molecule has 0 saturated carbocycles. The molecule has 2 N–H and O–H groups in total. The van der Waals surface area contributed by atoms with Gasteiger partial charge in [0.05, 0.1) is 28.9 Å². The van der Waals surface area contributed by atoms with Crippen LogP contribution in [0.2, 0.25) is 0 Å². The molecule has 3 amide bonds. The molecule has 5 aliphatic rings. The Morgan fingerprint density at radius 1 is 0.746 bits per heavy atom. The number of piperidine rings is 4. The number of rotatable bonds is 9. The van der Waals surface area contributed by atoms with Crippen LogP contribution in [0.1, 0.15) is 74.8 Å². The lowest BCUT2D eigenvalue weighted by atomic mass is 9.71. The summed E-state index contributed by atoms with van der Waals surface area (Å²) in [4.78, 5) is 48.3. The van der Waals surface area contributed by atoms with Crippen molar-refractivity contribution in [3.8, 4) is 17.0 Å². The van der Waals surface area contributed by atoms with Gasteiger partial charge < -0.3 is 24.7 Å². The summed E-state index contributed by atoms with van der Waals surface area (Å²) in [6.45, 7) is 8.79. The minimum absolute atomic E-state index is 0.172. The van der Waals surface area contributed by atoms with Gasteiger partial charge in [0.2, 0.25) is 17.7 Å². The molecule has 1 aromatic heterocycles. The lowest BCUT2D eigenvalue weighted by Gasteiger charge is -2.46. The highest BCUT2D eigenvalue weighted by atomic mass is 16.3. The number of anilines is 2. The Balaban J connectivity index is 0.756. The molecule has 2 atom stereocenters. The van der Waals surface area contributed by atoms with E-state index in [1.54, 1.807) is 18.3 Å². The molecule has 3 aromatic carbocycles. The second-order valence-corrected chi connectivity index (χ2v) is 17.7. The van der Waals surface area contributed by atoms with Gasteiger partial charge in [-0.2, -0.15) is 10.2 Å². The molecule has 5 aliphatic heterocycles. The molecule has 5 saturated heterocycles. The summed E-state index contributed by atoms with van der Waals surface area (Å²) in [7, 11) is 0. The first kappa shape index (κ1) is 39.2. The van der Waals surface area contributed by atoms with Crippen molar-refractivity contribution in [3.05, 3.63) is 102 Å². The number of nitrogens with one attached hydrogen (secondary N) is 1. The fourth-order valence-corrected chi connectivity index (χ4v) is 10.8. The summed E-state index contributed by atoms with van der Waals surface area (Å²) in [5, 5.41) is 21.5. The van der Waals surface area contributed by atoms with Gasteiger partial charge in [-0.05, 0) is 117 Å². The molecule has 4 aromatic rings. The first-order chi connectivity index (χ1) is 28.8. The number of phenols is 1. The van der Waals surface area contributed by atoms with E-state index < -0.39 is 5.41 Å². The van der Waals surface area contributed by atoms with Gasteiger partial charge in [0.15, 0.2) is 0 Å². The van der Waals surface area contributed by atoms with Crippen LogP contribution in [-0.4, -0.2) is 102 Å². The van der Waals surface area contributed by atoms with Crippen molar-refractivity contribution in [1.29, 1.82) is 0 Å². The lowest BCUT2D eigenvalue weighted by Crippen LogP contribution is -2.54. The normalized spacial score (nSPS) is 23.4. The van der Waals surface area contributed by atoms with Gasteiger partial charge in [-0.25, -0.2) is 0 Å². The fraction of sp³-hybridized carbons (Fsp3) is 0.479. The number of phenolic OH excluding ortho intramolecular Hbond substituents is 1. The van der Waals surface area contributed by atoms with Crippen LogP contribution in [0.15, 0.2) is 91.1 Å². The minimum atomic E-state index is -0.551. The number of aromatic nitrogens is 2. The molecule has 59 heavy (non-hydrogen) atoms. The van der Waals surface area contributed by atoms with Gasteiger partial charge in [-0.15, -0.1) is 0 Å². The Morgan fingerprint density at radius 3 is 2.17 bits per heavy atom. The van der Waals surface area contributed by atoms with E-state index in [1.165, 1.54) is 44.6 Å². The lowest BCUT2D eigenvalue weighted by molar-refractivity contribution is -0.140. The summed E-state index contributed by atoms with van der Waals surface area (Å²) in [6, 6.07) is 28.1. The molecule has 5 fully saturated rings. The highest BCUT2D eigenvalue weighted by Gasteiger charge is 2.46. The molecule has 0 bridgehead atoms. The molecule has 9 rings (SSSR count). The maximum Gasteiger partial charge on any atom is 0.234 e. The van der Waals surface area contributed by atoms with Crippen molar-refractivity contribution in [2.24, 2.45) is 17.8 Å². The molecule has 0 aliphatic carbocycles. The highest BCUT2D eigenvalue weighted by molar-refractivity contribution is 6.01. The van der Waals surface area contributed by atoms with Crippen molar-refractivity contribution in [2.75, 3.05) is 68.7 Å². The number of hydrogen-bond acceptors (Lipinski definition) is 9. The SMILES string of the molecule is O=C1CC[C@H](c2ccc(N3CCC(CN4CCC(C5CCN(C(=O)C6(c7ccccc7)CCN(c7cnnc(-c8ccccc8O)c7)CC6)CC5)C4)CC3)cc2)C(=O)N1. The van der Waals surface area contributed by atoms with E-state index in [2.05, 4.69) is 83.6 Å². The average molecular weight is 796 g/mol. The summed E-state index contributed by atoms with van der Waals surface area (Å²) in [6.07, 6.45) is 10.0. The predicted molar refractivity (Wildman–Crippen MR) is 229 cm³/mol. The van der Waals surface area contributed by atoms with Crippen molar-refractivity contribution in [2.45, 2.75) is 69.1 Å². The molecule has 0 spiro atoms. The van der Waals surface area contributed by atoms with Crippen LogP contribution in [0.3, 0.4) is 0 Å². The third-order valence-electron chi connectivity index (χ3n) is 14.4. The van der Waals surface area contributed by atoms with E-state index in [9.17, 15) is 19.5 Å². The van der Waals surface area contributed by atoms with Crippen LogP contribution in [0.25, 0.3) is 11.3 Å². The maximum atomic E-state index is 14.7. The number of benzene rings is 3. The van der Waals surface area contributed by atoms with E-state index in [-0.39, 0.29) is 29.4 Å². The zero-order valence-electron chi connectivity index (χ0n) is 34.1. The zero-order valence-corrected chi connectivity index (χ0v) is 34.1. The van der Waals surface area contributed by atoms with Gasteiger partial charge in [-0.3, -0.25) is 19.7 Å². The quantitative estimate of drug-likeness (QED) is 0.186. The van der Waals surface area contributed by atoms with Gasteiger partial charge in [0.25, 0.3) is 0 Å². The molecule has 11 nitrogen and oxygen atoms in total. The number of para-hydroxylation sites is 1. The van der Waals surface area contributed by atoms with Crippen LogP contribution in [0.5, 0.6) is 5.75 Å². The van der Waals surface area contributed by atoms with E-state index in [1.807, 2.05) is 24.3 Å². The highest BCUT2D eigenvalue weighted by Crippen LogP contribution is 2.41. The average Bonchev–Trinajstić information content (AvgIpc) is 3.75. The van der Waals surface area contributed by atoms with E-state index in [0.29, 0.717) is 41.9 Å². The number of hydrogen-bond donors (Lipinski definition) is 2. The first-order valence-corrected chi connectivity index (χ1v) is 21.9. The third kappa shape index (κ3) is 8.31. The van der Waals surface area contributed by atoms with Crippen molar-refractivity contribution in [3.63, 3.8) is 0 Å². The third-order valence-corrected chi connectivity index (χ3v) is 14.4. The monoisotopic (exact) mass is 795 g/mol. The second-order valence-electron chi connectivity index (χ2n) is 17.7. The summed E-state index contributed by atoms with van der Waals surface area (Å²) in [5.74, 6) is 1.97. The summed E-state index contributed by atoms with van der Waals surface area (Å²) in [5.41, 5.74) is 5.03. The summed E-state index contributed by atoms with van der Waals surface area (Å²) < 4.78 is 0. The molecular weight excluding hydrogens is 739 g/mol. The van der Waals surface area contributed by atoms with E-state index in [0.717, 1.165) is 81.8 Å². The van der Waals surface area contributed by atoms with Gasteiger partial charge in [-0.1, -0.05) is 54.6 Å². The standard InChI is InChI=1S/C48H57N7O4/c56-44-9-5-4-8-42(44)43-30-40(31-49-51-43)54-28-21-48(22-29-54,38-6-2-1-3-7-38)47(59)55-26-19-35(20-27-55)37-18-23-52(33-37)32-34-16-24-53(25-17-34)39-12-10-36(11-13-39)41-14-15-45(57)50-46(41)58/h1-13,30-31,34-35,37,41,56H,14-29,32-33H2,(H,50,57,58)/t37?,41-/m1/s1. The predicted octanol–water partition coefficient (Wildman–Crippen LogP) is 6.38. The van der Waals surface area contributed by atoms with E-state index >= 15 is 0 Å². The first-order valence-electron chi connectivity index (χ1n) is 21.9. The Hall–Kier alpha value is -5.29. The second kappa shape index (κ2) is 17.1. The van der Waals surface area contributed by atoms with Crippen LogP contribution in [0.4, 0.5) is 11.4 Å². The van der Waals surface area contributed by atoms with Crippen LogP contribution in [0, 0.1) is 17.8 Å². The largest absolute Gasteiger partial charge is 0.507 e. The molecule has 308 valence electrons. The van der Waals surface area contributed by atoms with Gasteiger partial charge in [0, 0.05) is 70.0 Å². The topological polar surface area (TPSA) is 122 Å². The molecule has 6 heterocycles. The fourth-order valence-electron chi connectivity index (χ4n) is 10.8. The van der Waals surface area contributed by atoms with E-state index in [4.69, 9.17) is 0 Å². The molecule has 1 unspecified atom stereocenters. The van der Waals surface area contributed by atoms with Gasteiger partial charge >= 0.3 is 0 Å². The number of carbonyl (C=O) groups excluding carboxylic acids is 3. The Labute approximate surface area is 347 Å². The van der Waals surface area contributed by atoms with Crippen molar-refractivity contribution in [1.82, 2.24) is 25.3 Å². The van der Waals surface area contributed by atoms with Crippen LogP contribution < -0.4 is 15.1 Å². The number of likely N-dealkylation sites (tertiary alicyclic amines) is 2. The molecular formula is C48H57N7O4. The minimum Gasteiger partial charge on any atom is -0.507 e. The Morgan fingerprint density at radius 2 is 1.44 bits per heavy atom. The Kier molecular flexibility index (Phi) is 11.4. The summed E-state index contributed by atoms with van der Waals surface area (Å²) >= 11 is 0. The number of nitrogens with zero attached hydrogens (tertiary/aromatic N) is 6. The number of imide groups is 1. The Bertz CT molecular complexity index is 2110. The maximum absolute atomic E-state index is 14.7. The van der Waals surface area contributed by atoms with Crippen molar-refractivity contribution < 1.29 is 19.5 Å². The molecule has 11 heteroatoms. The number of amides is 3. The van der Waals surface area contributed by atoms with Crippen LogP contribution >= 0.6 is 0 Å². The number of carbonyl (C=O) groups is 3. The smallest absolute Gasteiger partial charge is 0.234 e. The van der Waals surface area contributed by atoms with Gasteiger partial charge in [0.1, 0.15) is 5.75 Å².